The molecule has 0 aliphatic carbocycles. The van der Waals surface area contributed by atoms with Crippen LogP contribution in [0, 0.1) is 0 Å². The number of aromatic nitrogens is 2. The quantitative estimate of drug-likeness (QED) is 0.515. The van der Waals surface area contributed by atoms with Crippen molar-refractivity contribution in [1.29, 1.82) is 0 Å². The molecule has 1 aliphatic rings. The van der Waals surface area contributed by atoms with Crippen molar-refractivity contribution in [3.63, 3.8) is 0 Å². The number of rotatable bonds is 4. The van der Waals surface area contributed by atoms with Crippen LogP contribution in [0.4, 0.5) is 5.13 Å². The van der Waals surface area contributed by atoms with Gasteiger partial charge in [0, 0.05) is 24.5 Å². The average Bonchev–Trinajstić information content (AvgIpc) is 3.44. The van der Waals surface area contributed by atoms with Crippen molar-refractivity contribution >= 4 is 43.9 Å². The van der Waals surface area contributed by atoms with Crippen molar-refractivity contribution in [3.05, 3.63) is 64.6 Å². The summed E-state index contributed by atoms with van der Waals surface area (Å²) in [6.07, 6.45) is 3.48. The van der Waals surface area contributed by atoms with Crippen LogP contribution >= 0.6 is 22.7 Å². The van der Waals surface area contributed by atoms with Gasteiger partial charge in [0.05, 0.1) is 21.6 Å². The summed E-state index contributed by atoms with van der Waals surface area (Å²) in [7, 11) is 0. The van der Waals surface area contributed by atoms with E-state index in [-0.39, 0.29) is 12.7 Å². The molecule has 0 radical (unpaired) electrons. The Labute approximate surface area is 162 Å². The van der Waals surface area contributed by atoms with Crippen molar-refractivity contribution in [2.45, 2.75) is 6.54 Å². The van der Waals surface area contributed by atoms with Gasteiger partial charge in [-0.3, -0.25) is 14.7 Å². The predicted molar refractivity (Wildman–Crippen MR) is 105 cm³/mol. The molecule has 0 N–H and O–H groups in total. The summed E-state index contributed by atoms with van der Waals surface area (Å²) in [5, 5.41) is 2.53. The summed E-state index contributed by atoms with van der Waals surface area (Å²) >= 11 is 2.88. The van der Waals surface area contributed by atoms with Gasteiger partial charge in [0.15, 0.2) is 16.6 Å². The Hall–Kier alpha value is -2.97. The van der Waals surface area contributed by atoms with Crippen LogP contribution in [-0.2, 0) is 6.54 Å². The van der Waals surface area contributed by atoms with E-state index in [1.807, 2.05) is 41.8 Å². The van der Waals surface area contributed by atoms with E-state index in [1.54, 1.807) is 17.3 Å². The number of amides is 1. The molecule has 4 heterocycles. The SMILES string of the molecule is O=C(c1cccs1)N(Cc1cccnc1)c1nc2cc3c(cc2s1)OCO3. The highest BCUT2D eigenvalue weighted by Crippen LogP contribution is 2.40. The number of carbonyl (C=O) groups is 1. The number of hydrogen-bond donors (Lipinski definition) is 0. The Morgan fingerprint density at radius 3 is 2.85 bits per heavy atom. The van der Waals surface area contributed by atoms with E-state index in [4.69, 9.17) is 9.47 Å². The van der Waals surface area contributed by atoms with Gasteiger partial charge in [-0.1, -0.05) is 23.5 Å². The topological polar surface area (TPSA) is 64.6 Å². The number of thiazole rings is 1. The van der Waals surface area contributed by atoms with Gasteiger partial charge in [-0.05, 0) is 23.1 Å². The number of pyridine rings is 1. The third kappa shape index (κ3) is 3.02. The molecule has 0 atom stereocenters. The first kappa shape index (κ1) is 16.2. The van der Waals surface area contributed by atoms with Crippen LogP contribution in [0.15, 0.2) is 54.2 Å². The second-order valence-corrected chi connectivity index (χ2v) is 7.86. The number of fused-ring (bicyclic) bond motifs is 2. The van der Waals surface area contributed by atoms with E-state index in [9.17, 15) is 4.79 Å². The summed E-state index contributed by atoms with van der Waals surface area (Å²) in [4.78, 5) is 24.3. The van der Waals surface area contributed by atoms with Crippen LogP contribution in [0.5, 0.6) is 11.5 Å². The number of ether oxygens (including phenoxy) is 2. The van der Waals surface area contributed by atoms with Gasteiger partial charge < -0.3 is 9.47 Å². The second kappa shape index (κ2) is 6.64. The Bertz CT molecular complexity index is 1070. The lowest BCUT2D eigenvalue weighted by Crippen LogP contribution is -2.29. The first-order chi connectivity index (χ1) is 13.3. The Balaban J connectivity index is 1.57. The maximum Gasteiger partial charge on any atom is 0.270 e. The Kier molecular flexibility index (Phi) is 3.99. The van der Waals surface area contributed by atoms with Gasteiger partial charge >= 0.3 is 0 Å². The van der Waals surface area contributed by atoms with Crippen molar-refractivity contribution < 1.29 is 14.3 Å². The summed E-state index contributed by atoms with van der Waals surface area (Å²) in [6, 6.07) is 11.3. The first-order valence-corrected chi connectivity index (χ1v) is 9.92. The molecule has 1 amide bonds. The van der Waals surface area contributed by atoms with Crippen molar-refractivity contribution in [2.75, 3.05) is 11.7 Å². The molecule has 27 heavy (non-hydrogen) atoms. The zero-order chi connectivity index (χ0) is 18.2. The van der Waals surface area contributed by atoms with Crippen molar-refractivity contribution in [3.8, 4) is 11.5 Å². The fourth-order valence-electron chi connectivity index (χ4n) is 2.86. The minimum Gasteiger partial charge on any atom is -0.454 e. The summed E-state index contributed by atoms with van der Waals surface area (Å²) in [5.41, 5.74) is 1.73. The molecule has 0 spiro atoms. The first-order valence-electron chi connectivity index (χ1n) is 8.22. The molecule has 3 aromatic heterocycles. The van der Waals surface area contributed by atoms with E-state index in [0.29, 0.717) is 28.1 Å². The van der Waals surface area contributed by atoms with Crippen LogP contribution in [-0.4, -0.2) is 22.7 Å². The molecule has 0 fully saturated rings. The van der Waals surface area contributed by atoms with Gasteiger partial charge in [-0.25, -0.2) is 4.98 Å². The highest BCUT2D eigenvalue weighted by Gasteiger charge is 2.24. The zero-order valence-corrected chi connectivity index (χ0v) is 15.6. The smallest absolute Gasteiger partial charge is 0.270 e. The lowest BCUT2D eigenvalue weighted by molar-refractivity contribution is 0.0989. The minimum atomic E-state index is -0.0760. The standard InChI is InChI=1S/C19H13N3O3S2/c23-18(16-4-2-6-26-16)22(10-12-3-1-5-20-9-12)19-21-13-7-14-15(25-11-24-14)8-17(13)27-19/h1-9H,10-11H2. The molecule has 1 aliphatic heterocycles. The normalized spacial score (nSPS) is 12.4. The molecule has 6 nitrogen and oxygen atoms in total. The van der Waals surface area contributed by atoms with E-state index >= 15 is 0 Å². The largest absolute Gasteiger partial charge is 0.454 e. The minimum absolute atomic E-state index is 0.0760. The summed E-state index contributed by atoms with van der Waals surface area (Å²) in [5.74, 6) is 1.32. The lowest BCUT2D eigenvalue weighted by atomic mass is 10.2. The van der Waals surface area contributed by atoms with Gasteiger partial charge in [0.2, 0.25) is 6.79 Å². The summed E-state index contributed by atoms with van der Waals surface area (Å²) in [6.45, 7) is 0.626. The molecule has 1 aromatic carbocycles. The Morgan fingerprint density at radius 1 is 1.19 bits per heavy atom. The highest BCUT2D eigenvalue weighted by atomic mass is 32.1. The molecule has 8 heteroatoms. The Morgan fingerprint density at radius 2 is 2.07 bits per heavy atom. The third-order valence-corrected chi connectivity index (χ3v) is 6.04. The van der Waals surface area contributed by atoms with Gasteiger partial charge in [-0.15, -0.1) is 11.3 Å². The maximum absolute atomic E-state index is 13.1. The third-order valence-electron chi connectivity index (χ3n) is 4.14. The average molecular weight is 395 g/mol. The fraction of sp³-hybridized carbons (Fsp3) is 0.105. The highest BCUT2D eigenvalue weighted by molar-refractivity contribution is 7.22. The number of thiophene rings is 1. The lowest BCUT2D eigenvalue weighted by Gasteiger charge is -2.19. The van der Waals surface area contributed by atoms with E-state index < -0.39 is 0 Å². The van der Waals surface area contributed by atoms with E-state index in [1.165, 1.54) is 22.7 Å². The predicted octanol–water partition coefficient (Wildman–Crippen LogP) is 4.33. The van der Waals surface area contributed by atoms with Crippen LogP contribution in [0.3, 0.4) is 0 Å². The number of carbonyl (C=O) groups excluding carboxylic acids is 1. The molecular weight excluding hydrogens is 382 g/mol. The van der Waals surface area contributed by atoms with Crippen molar-refractivity contribution in [1.82, 2.24) is 9.97 Å². The molecule has 0 saturated carbocycles. The molecule has 4 aromatic rings. The second-order valence-electron chi connectivity index (χ2n) is 5.90. The maximum atomic E-state index is 13.1. The van der Waals surface area contributed by atoms with Gasteiger partial charge in [0.1, 0.15) is 0 Å². The number of nitrogens with zero attached hydrogens (tertiary/aromatic N) is 3. The molecule has 5 rings (SSSR count). The summed E-state index contributed by atoms with van der Waals surface area (Å²) < 4.78 is 11.8. The molecule has 0 bridgehead atoms. The van der Waals surface area contributed by atoms with E-state index in [0.717, 1.165) is 15.8 Å². The van der Waals surface area contributed by atoms with Crippen molar-refractivity contribution in [2.24, 2.45) is 0 Å². The van der Waals surface area contributed by atoms with E-state index in [2.05, 4.69) is 9.97 Å². The number of benzene rings is 1. The van der Waals surface area contributed by atoms with Gasteiger partial charge in [-0.2, -0.15) is 0 Å². The monoisotopic (exact) mass is 395 g/mol. The fourth-order valence-corrected chi connectivity index (χ4v) is 4.50. The molecule has 0 saturated heterocycles. The van der Waals surface area contributed by atoms with Crippen LogP contribution in [0.25, 0.3) is 10.2 Å². The number of hydrogen-bond acceptors (Lipinski definition) is 7. The molecular formula is C19H13N3O3S2. The molecule has 134 valence electrons. The van der Waals surface area contributed by atoms with Crippen LogP contribution in [0.1, 0.15) is 15.2 Å². The molecule has 0 unspecified atom stereocenters. The van der Waals surface area contributed by atoms with Gasteiger partial charge in [0.25, 0.3) is 5.91 Å². The van der Waals surface area contributed by atoms with Crippen LogP contribution in [0.2, 0.25) is 0 Å². The number of anilines is 1. The zero-order valence-electron chi connectivity index (χ0n) is 14.0. The van der Waals surface area contributed by atoms with Crippen LogP contribution < -0.4 is 14.4 Å².